The zero-order valence-electron chi connectivity index (χ0n) is 19.7. The maximum atomic E-state index is 12.8. The van der Waals surface area contributed by atoms with Gasteiger partial charge in [0.15, 0.2) is 19.0 Å². The third kappa shape index (κ3) is 6.52. The van der Waals surface area contributed by atoms with Crippen molar-refractivity contribution >= 4 is 34.9 Å². The van der Waals surface area contributed by atoms with Crippen molar-refractivity contribution < 1.29 is 28.6 Å². The molecule has 0 aliphatic carbocycles. The Morgan fingerprint density at radius 3 is 2.86 bits per heavy atom. The second-order valence-corrected chi connectivity index (χ2v) is 9.11. The molecule has 2 aliphatic rings. The number of amides is 2. The lowest BCUT2D eigenvalue weighted by Gasteiger charge is -2.29. The molecule has 1 N–H and O–H groups in total. The third-order valence-corrected chi connectivity index (χ3v) is 6.30. The minimum absolute atomic E-state index is 0.0720. The van der Waals surface area contributed by atoms with Crippen molar-refractivity contribution in [2.24, 2.45) is 0 Å². The quantitative estimate of drug-likeness (QED) is 0.500. The van der Waals surface area contributed by atoms with Gasteiger partial charge in [0.2, 0.25) is 5.91 Å². The van der Waals surface area contributed by atoms with Crippen LogP contribution in [0.4, 0.5) is 5.69 Å². The highest BCUT2D eigenvalue weighted by Gasteiger charge is 2.27. The topological polar surface area (TPSA) is 94.2 Å². The average Bonchev–Trinajstić information content (AvgIpc) is 3.37. The van der Waals surface area contributed by atoms with Crippen molar-refractivity contribution in [2.45, 2.75) is 38.7 Å². The molecule has 0 saturated carbocycles. The van der Waals surface area contributed by atoms with E-state index in [0.717, 1.165) is 25.0 Å². The van der Waals surface area contributed by atoms with Crippen molar-refractivity contribution in [1.29, 1.82) is 0 Å². The number of halogens is 1. The number of fused-ring (bicyclic) bond motifs is 1. The molecule has 4 rings (SSSR count). The molecule has 2 aliphatic heterocycles. The fourth-order valence-corrected chi connectivity index (χ4v) is 4.38. The SMILES string of the molecule is Cc1ccc(OCC(=O)c2ccc3c(c2)N(CCCC(=O)NC[C@H]2CCCO2)C(=O)CO3)c(Cl)c1. The van der Waals surface area contributed by atoms with Crippen LogP contribution in [-0.2, 0) is 14.3 Å². The largest absolute Gasteiger partial charge is 0.484 e. The van der Waals surface area contributed by atoms with E-state index in [1.54, 1.807) is 35.2 Å². The van der Waals surface area contributed by atoms with Crippen LogP contribution >= 0.6 is 11.6 Å². The van der Waals surface area contributed by atoms with Gasteiger partial charge in [-0.3, -0.25) is 14.4 Å². The molecule has 1 saturated heterocycles. The van der Waals surface area contributed by atoms with Crippen molar-refractivity contribution in [3.05, 3.63) is 52.5 Å². The first-order valence-corrected chi connectivity index (χ1v) is 12.2. The van der Waals surface area contributed by atoms with E-state index in [-0.39, 0.29) is 43.3 Å². The maximum Gasteiger partial charge on any atom is 0.265 e. The zero-order valence-corrected chi connectivity index (χ0v) is 20.4. The lowest BCUT2D eigenvalue weighted by molar-refractivity contribution is -0.123. The fraction of sp³-hybridized carbons (Fsp3) is 0.423. The third-order valence-electron chi connectivity index (χ3n) is 6.01. The molecule has 0 unspecified atom stereocenters. The van der Waals surface area contributed by atoms with Crippen molar-refractivity contribution in [3.8, 4) is 11.5 Å². The number of hydrogen-bond acceptors (Lipinski definition) is 6. The van der Waals surface area contributed by atoms with Crippen molar-refractivity contribution in [2.75, 3.05) is 37.8 Å². The predicted molar refractivity (Wildman–Crippen MR) is 132 cm³/mol. The van der Waals surface area contributed by atoms with Crippen LogP contribution in [0.25, 0.3) is 0 Å². The summed E-state index contributed by atoms with van der Waals surface area (Å²) < 4.78 is 16.7. The van der Waals surface area contributed by atoms with Crippen molar-refractivity contribution in [1.82, 2.24) is 5.32 Å². The molecule has 2 amide bonds. The number of hydrogen-bond donors (Lipinski definition) is 1. The first-order valence-electron chi connectivity index (χ1n) is 11.8. The van der Waals surface area contributed by atoms with Crippen LogP contribution in [0.5, 0.6) is 11.5 Å². The summed E-state index contributed by atoms with van der Waals surface area (Å²) in [4.78, 5) is 39.1. The number of carbonyl (C=O) groups excluding carboxylic acids is 3. The maximum absolute atomic E-state index is 12.8. The predicted octanol–water partition coefficient (Wildman–Crippen LogP) is 3.71. The summed E-state index contributed by atoms with van der Waals surface area (Å²) >= 11 is 6.18. The Bertz CT molecular complexity index is 1100. The normalized spacial score (nSPS) is 17.0. The first-order chi connectivity index (χ1) is 16.9. The number of ether oxygens (including phenoxy) is 3. The molecule has 35 heavy (non-hydrogen) atoms. The van der Waals surface area contributed by atoms with Gasteiger partial charge in [-0.15, -0.1) is 0 Å². The summed E-state index contributed by atoms with van der Waals surface area (Å²) in [6, 6.07) is 10.3. The lowest BCUT2D eigenvalue weighted by Crippen LogP contribution is -2.40. The van der Waals surface area contributed by atoms with Crippen molar-refractivity contribution in [3.63, 3.8) is 0 Å². The van der Waals surface area contributed by atoms with Gasteiger partial charge in [-0.2, -0.15) is 0 Å². The number of nitrogens with zero attached hydrogens (tertiary/aromatic N) is 1. The Morgan fingerprint density at radius 1 is 1.23 bits per heavy atom. The van der Waals surface area contributed by atoms with E-state index in [1.165, 1.54) is 0 Å². The molecule has 186 valence electrons. The number of nitrogens with one attached hydrogen (secondary N) is 1. The highest BCUT2D eigenvalue weighted by atomic mass is 35.5. The highest BCUT2D eigenvalue weighted by molar-refractivity contribution is 6.32. The molecule has 0 aromatic heterocycles. The summed E-state index contributed by atoms with van der Waals surface area (Å²) in [5.74, 6) is 0.408. The van der Waals surface area contributed by atoms with Gasteiger partial charge < -0.3 is 24.4 Å². The molecule has 2 aromatic rings. The van der Waals surface area contributed by atoms with Gasteiger partial charge in [-0.1, -0.05) is 17.7 Å². The number of anilines is 1. The van der Waals surface area contributed by atoms with Crippen LogP contribution in [0.2, 0.25) is 5.02 Å². The molecular formula is C26H29ClN2O6. The second kappa shape index (κ2) is 11.6. The lowest BCUT2D eigenvalue weighted by atomic mass is 10.1. The Hall–Kier alpha value is -3.10. The number of aryl methyl sites for hydroxylation is 1. The molecular weight excluding hydrogens is 472 g/mol. The van der Waals surface area contributed by atoms with E-state index in [1.807, 2.05) is 13.0 Å². The monoisotopic (exact) mass is 500 g/mol. The number of rotatable bonds is 10. The fourth-order valence-electron chi connectivity index (χ4n) is 4.09. The van der Waals surface area contributed by atoms with Gasteiger partial charge >= 0.3 is 0 Å². The van der Waals surface area contributed by atoms with Crippen LogP contribution in [0.1, 0.15) is 41.6 Å². The zero-order chi connectivity index (χ0) is 24.8. The Kier molecular flexibility index (Phi) is 8.25. The Labute approximate surface area is 209 Å². The summed E-state index contributed by atoms with van der Waals surface area (Å²) in [6.07, 6.45) is 2.85. The number of Topliss-reactive ketones (excluding diaryl/α,β-unsaturated/α-hetero) is 1. The van der Waals surface area contributed by atoms with Gasteiger partial charge in [0.1, 0.15) is 11.5 Å². The van der Waals surface area contributed by atoms with Gasteiger partial charge in [0.25, 0.3) is 5.91 Å². The standard InChI is InChI=1S/C26H29ClN2O6/c1-17-6-8-23(20(27)12-17)34-15-22(30)18-7-9-24-21(13-18)29(26(32)16-35-24)10-2-5-25(31)28-14-19-4-3-11-33-19/h6-9,12-13,19H,2-5,10-11,14-16H2,1H3,(H,28,31)/t19-/m1/s1. The molecule has 0 spiro atoms. The van der Waals surface area contributed by atoms with Gasteiger partial charge in [0.05, 0.1) is 16.8 Å². The molecule has 8 nitrogen and oxygen atoms in total. The van der Waals surface area contributed by atoms with E-state index in [2.05, 4.69) is 5.32 Å². The second-order valence-electron chi connectivity index (χ2n) is 8.70. The minimum Gasteiger partial charge on any atom is -0.484 e. The minimum atomic E-state index is -0.254. The van der Waals surface area contributed by atoms with E-state index in [0.29, 0.717) is 47.3 Å². The van der Waals surface area contributed by atoms with Crippen LogP contribution < -0.4 is 19.7 Å². The molecule has 1 fully saturated rings. The molecule has 9 heteroatoms. The number of ketones is 1. The highest BCUT2D eigenvalue weighted by Crippen LogP contribution is 2.33. The van der Waals surface area contributed by atoms with E-state index >= 15 is 0 Å². The van der Waals surface area contributed by atoms with E-state index in [4.69, 9.17) is 25.8 Å². The molecule has 2 aromatic carbocycles. The molecule has 0 bridgehead atoms. The van der Waals surface area contributed by atoms with Crippen LogP contribution in [0, 0.1) is 6.92 Å². The molecule has 1 atom stereocenters. The average molecular weight is 501 g/mol. The van der Waals surface area contributed by atoms with Crippen LogP contribution in [0.15, 0.2) is 36.4 Å². The number of carbonyl (C=O) groups is 3. The van der Waals surface area contributed by atoms with Crippen LogP contribution in [-0.4, -0.2) is 56.6 Å². The van der Waals surface area contributed by atoms with E-state index in [9.17, 15) is 14.4 Å². The smallest absolute Gasteiger partial charge is 0.265 e. The summed E-state index contributed by atoms with van der Waals surface area (Å²) in [5, 5.41) is 3.33. The number of benzene rings is 2. The van der Waals surface area contributed by atoms with Gasteiger partial charge in [-0.05, 0) is 62.1 Å². The van der Waals surface area contributed by atoms with E-state index < -0.39 is 0 Å². The molecule has 2 heterocycles. The summed E-state index contributed by atoms with van der Waals surface area (Å²) in [6.45, 7) is 3.24. The summed E-state index contributed by atoms with van der Waals surface area (Å²) in [5.41, 5.74) is 1.90. The Morgan fingerprint density at radius 2 is 2.09 bits per heavy atom. The van der Waals surface area contributed by atoms with Gasteiger partial charge in [-0.25, -0.2) is 0 Å². The summed E-state index contributed by atoms with van der Waals surface area (Å²) in [7, 11) is 0. The van der Waals surface area contributed by atoms with Gasteiger partial charge in [0, 0.05) is 31.7 Å². The molecule has 0 radical (unpaired) electrons. The first kappa shape index (κ1) is 25.0. The Balaban J connectivity index is 1.34. The van der Waals surface area contributed by atoms with Crippen LogP contribution in [0.3, 0.4) is 0 Å².